The van der Waals surface area contributed by atoms with Crippen LogP contribution in [-0.4, -0.2) is 40.6 Å². The quantitative estimate of drug-likeness (QED) is 0.720. The highest BCUT2D eigenvalue weighted by atomic mass is 35.5. The predicted molar refractivity (Wildman–Crippen MR) is 65.0 cm³/mol. The van der Waals surface area contributed by atoms with Crippen LogP contribution in [0.4, 0.5) is 0 Å². The van der Waals surface area contributed by atoms with Gasteiger partial charge in [-0.2, -0.15) is 5.26 Å². The molecule has 2 fully saturated rings. The van der Waals surface area contributed by atoms with Gasteiger partial charge in [-0.15, -0.1) is 0 Å². The van der Waals surface area contributed by atoms with E-state index in [2.05, 4.69) is 14.9 Å². The number of nitriles is 1. The number of aromatic nitrogens is 2. The zero-order valence-electron chi connectivity index (χ0n) is 9.84. The van der Waals surface area contributed by atoms with Crippen molar-refractivity contribution in [2.75, 3.05) is 19.7 Å². The third kappa shape index (κ3) is 2.07. The minimum Gasteiger partial charge on any atom is -0.367 e. The molecule has 6 heteroatoms. The number of morpholine rings is 1. The Hall–Kier alpha value is -1.22. The number of hydrogen-bond donors (Lipinski definition) is 0. The molecule has 0 saturated carbocycles. The summed E-state index contributed by atoms with van der Waals surface area (Å²) in [6.07, 6.45) is 3.77. The summed E-state index contributed by atoms with van der Waals surface area (Å²) in [5.41, 5.74) is 0.301. The molecule has 0 aliphatic carbocycles. The molecule has 94 valence electrons. The van der Waals surface area contributed by atoms with Crippen molar-refractivity contribution in [2.45, 2.75) is 25.0 Å². The van der Waals surface area contributed by atoms with Crippen LogP contribution in [0.25, 0.3) is 0 Å². The average Bonchev–Trinajstić information content (AvgIpc) is 2.85. The highest BCUT2D eigenvalue weighted by molar-refractivity contribution is 6.30. The summed E-state index contributed by atoms with van der Waals surface area (Å²) in [7, 11) is 0. The summed E-state index contributed by atoms with van der Waals surface area (Å²) in [5.74, 6) is 0.573. The van der Waals surface area contributed by atoms with Crippen molar-refractivity contribution in [3.8, 4) is 6.07 Å². The first-order valence-corrected chi connectivity index (χ1v) is 6.44. The van der Waals surface area contributed by atoms with E-state index in [0.29, 0.717) is 17.4 Å². The summed E-state index contributed by atoms with van der Waals surface area (Å²) < 4.78 is 5.80. The lowest BCUT2D eigenvalue weighted by Gasteiger charge is -2.34. The molecule has 1 aromatic heterocycles. The van der Waals surface area contributed by atoms with E-state index in [1.165, 1.54) is 19.0 Å². The second-order valence-electron chi connectivity index (χ2n) is 4.66. The molecule has 2 aliphatic rings. The number of halogens is 1. The van der Waals surface area contributed by atoms with E-state index in [-0.39, 0.29) is 11.3 Å². The van der Waals surface area contributed by atoms with Gasteiger partial charge in [0.2, 0.25) is 0 Å². The molecule has 18 heavy (non-hydrogen) atoms. The van der Waals surface area contributed by atoms with Gasteiger partial charge < -0.3 is 4.74 Å². The number of rotatable bonds is 1. The first-order valence-electron chi connectivity index (χ1n) is 6.06. The second-order valence-corrected chi connectivity index (χ2v) is 5.02. The molecule has 0 aromatic carbocycles. The smallest absolute Gasteiger partial charge is 0.160 e. The molecule has 1 aromatic rings. The van der Waals surface area contributed by atoms with Crippen LogP contribution in [0.5, 0.6) is 0 Å². The van der Waals surface area contributed by atoms with Gasteiger partial charge in [0, 0.05) is 12.6 Å². The average molecular weight is 265 g/mol. The molecular weight excluding hydrogens is 252 g/mol. The van der Waals surface area contributed by atoms with Crippen LogP contribution in [-0.2, 0) is 4.74 Å². The van der Waals surface area contributed by atoms with Crippen LogP contribution < -0.4 is 0 Å². The molecule has 3 heterocycles. The number of ether oxygens (including phenoxy) is 1. The van der Waals surface area contributed by atoms with Gasteiger partial charge >= 0.3 is 0 Å². The monoisotopic (exact) mass is 264 g/mol. The maximum atomic E-state index is 8.79. The molecular formula is C12H13ClN4O. The molecule has 0 spiro atoms. The van der Waals surface area contributed by atoms with Gasteiger partial charge in [0.15, 0.2) is 11.0 Å². The van der Waals surface area contributed by atoms with Gasteiger partial charge in [0.05, 0.1) is 12.8 Å². The maximum Gasteiger partial charge on any atom is 0.160 e. The third-order valence-corrected chi connectivity index (χ3v) is 3.85. The summed E-state index contributed by atoms with van der Waals surface area (Å²) in [4.78, 5) is 10.8. The van der Waals surface area contributed by atoms with E-state index >= 15 is 0 Å². The fraction of sp³-hybridized carbons (Fsp3) is 0.583. The number of nitrogens with zero attached hydrogens (tertiary/aromatic N) is 4. The molecule has 2 unspecified atom stereocenters. The Morgan fingerprint density at radius 1 is 1.56 bits per heavy atom. The third-order valence-electron chi connectivity index (χ3n) is 3.56. The Morgan fingerprint density at radius 3 is 3.22 bits per heavy atom. The molecule has 3 rings (SSSR count). The molecule has 2 aliphatic heterocycles. The van der Waals surface area contributed by atoms with Crippen LogP contribution in [0.2, 0.25) is 5.15 Å². The Kier molecular flexibility index (Phi) is 3.16. The van der Waals surface area contributed by atoms with Crippen molar-refractivity contribution in [3.63, 3.8) is 0 Å². The standard InChI is InChI=1S/C12H13ClN4O/c13-11-8(4-14)5-15-12(16-11)10-6-17-3-1-2-9(17)7-18-10/h5,9-10H,1-3,6-7H2. The number of hydrogen-bond acceptors (Lipinski definition) is 5. The number of fused-ring (bicyclic) bond motifs is 1. The van der Waals surface area contributed by atoms with E-state index < -0.39 is 0 Å². The van der Waals surface area contributed by atoms with Crippen molar-refractivity contribution < 1.29 is 4.74 Å². The first kappa shape index (κ1) is 11.8. The van der Waals surface area contributed by atoms with E-state index in [4.69, 9.17) is 21.6 Å². The van der Waals surface area contributed by atoms with Crippen molar-refractivity contribution >= 4 is 11.6 Å². The summed E-state index contributed by atoms with van der Waals surface area (Å²) in [6, 6.07) is 2.51. The summed E-state index contributed by atoms with van der Waals surface area (Å²) in [6.45, 7) is 2.66. The van der Waals surface area contributed by atoms with Gasteiger partial charge in [-0.1, -0.05) is 11.6 Å². The second kappa shape index (κ2) is 4.81. The van der Waals surface area contributed by atoms with Gasteiger partial charge in [0.1, 0.15) is 17.7 Å². The van der Waals surface area contributed by atoms with Gasteiger partial charge in [0.25, 0.3) is 0 Å². The van der Waals surface area contributed by atoms with Crippen LogP contribution >= 0.6 is 11.6 Å². The Balaban J connectivity index is 1.79. The lowest BCUT2D eigenvalue weighted by molar-refractivity contribution is -0.0541. The van der Waals surface area contributed by atoms with Gasteiger partial charge in [-0.25, -0.2) is 9.97 Å². The zero-order chi connectivity index (χ0) is 12.5. The van der Waals surface area contributed by atoms with Crippen molar-refractivity contribution in [1.82, 2.24) is 14.9 Å². The lowest BCUT2D eigenvalue weighted by atomic mass is 10.2. The Labute approximate surface area is 110 Å². The zero-order valence-corrected chi connectivity index (χ0v) is 10.6. The molecule has 5 nitrogen and oxygen atoms in total. The summed E-state index contributed by atoms with van der Waals surface area (Å²) >= 11 is 5.92. The van der Waals surface area contributed by atoms with Crippen LogP contribution in [0.3, 0.4) is 0 Å². The fourth-order valence-electron chi connectivity index (χ4n) is 2.58. The minimum atomic E-state index is -0.135. The molecule has 0 amide bonds. The first-order chi connectivity index (χ1) is 8.78. The lowest BCUT2D eigenvalue weighted by Crippen LogP contribution is -2.42. The SMILES string of the molecule is N#Cc1cnc(C2CN3CCCC3CO2)nc1Cl. The maximum absolute atomic E-state index is 8.79. The van der Waals surface area contributed by atoms with Crippen molar-refractivity contribution in [2.24, 2.45) is 0 Å². The van der Waals surface area contributed by atoms with E-state index in [1.807, 2.05) is 6.07 Å². The topological polar surface area (TPSA) is 62.0 Å². The largest absolute Gasteiger partial charge is 0.367 e. The van der Waals surface area contributed by atoms with Crippen molar-refractivity contribution in [1.29, 1.82) is 5.26 Å². The fourth-order valence-corrected chi connectivity index (χ4v) is 2.75. The molecule has 0 bridgehead atoms. The predicted octanol–water partition coefficient (Wildman–Crippen LogP) is 1.54. The van der Waals surface area contributed by atoms with E-state index in [1.54, 1.807) is 0 Å². The van der Waals surface area contributed by atoms with E-state index in [0.717, 1.165) is 19.7 Å². The highest BCUT2D eigenvalue weighted by Crippen LogP contribution is 2.29. The normalized spacial score (nSPS) is 27.8. The van der Waals surface area contributed by atoms with E-state index in [9.17, 15) is 0 Å². The van der Waals surface area contributed by atoms with Gasteiger partial charge in [-0.05, 0) is 19.4 Å². The Morgan fingerprint density at radius 2 is 2.44 bits per heavy atom. The molecule has 2 atom stereocenters. The van der Waals surface area contributed by atoms with Crippen LogP contribution in [0.1, 0.15) is 30.3 Å². The van der Waals surface area contributed by atoms with Crippen LogP contribution in [0.15, 0.2) is 6.20 Å². The molecule has 0 N–H and O–H groups in total. The van der Waals surface area contributed by atoms with Crippen molar-refractivity contribution in [3.05, 3.63) is 22.7 Å². The molecule has 2 saturated heterocycles. The Bertz CT molecular complexity index is 501. The highest BCUT2D eigenvalue weighted by Gasteiger charge is 2.34. The summed E-state index contributed by atoms with van der Waals surface area (Å²) in [5, 5.41) is 8.99. The van der Waals surface area contributed by atoms with Gasteiger partial charge in [-0.3, -0.25) is 4.90 Å². The minimum absolute atomic E-state index is 0.135. The molecule has 0 radical (unpaired) electrons. The van der Waals surface area contributed by atoms with Crippen LogP contribution in [0, 0.1) is 11.3 Å².